The maximum absolute atomic E-state index is 13.1. The van der Waals surface area contributed by atoms with E-state index in [1.807, 2.05) is 26.0 Å². The molecule has 27 heavy (non-hydrogen) atoms. The number of halogens is 1. The number of amides is 1. The summed E-state index contributed by atoms with van der Waals surface area (Å²) in [5.41, 5.74) is 0.395. The lowest BCUT2D eigenvalue weighted by atomic mass is 9.75. The molecule has 3 N–H and O–H groups in total. The number of rotatable bonds is 7. The van der Waals surface area contributed by atoms with Crippen molar-refractivity contribution in [1.82, 2.24) is 0 Å². The van der Waals surface area contributed by atoms with E-state index in [9.17, 15) is 13.2 Å². The van der Waals surface area contributed by atoms with Crippen molar-refractivity contribution in [1.29, 1.82) is 0 Å². The summed E-state index contributed by atoms with van der Waals surface area (Å²) >= 11 is 5.97. The van der Waals surface area contributed by atoms with E-state index in [1.165, 1.54) is 19.2 Å². The van der Waals surface area contributed by atoms with Gasteiger partial charge in [-0.2, -0.15) is 0 Å². The third-order valence-electron chi connectivity index (χ3n) is 4.77. The van der Waals surface area contributed by atoms with Gasteiger partial charge in [-0.1, -0.05) is 37.6 Å². The Kier molecular flexibility index (Phi) is 6.51. The molecule has 0 atom stereocenters. The van der Waals surface area contributed by atoms with Gasteiger partial charge in [-0.05, 0) is 48.7 Å². The van der Waals surface area contributed by atoms with Crippen molar-refractivity contribution in [2.24, 2.45) is 5.14 Å². The number of methoxy groups -OCH3 is 1. The average molecular weight is 411 g/mol. The molecule has 0 radical (unpaired) electrons. The van der Waals surface area contributed by atoms with Gasteiger partial charge in [-0.3, -0.25) is 4.79 Å². The van der Waals surface area contributed by atoms with Crippen LogP contribution < -0.4 is 15.2 Å². The molecule has 0 aliphatic heterocycles. The van der Waals surface area contributed by atoms with Gasteiger partial charge in [0.1, 0.15) is 10.6 Å². The number of hydrogen-bond acceptors (Lipinski definition) is 4. The second-order valence-corrected chi connectivity index (χ2v) is 8.13. The van der Waals surface area contributed by atoms with Gasteiger partial charge in [-0.25, -0.2) is 13.6 Å². The van der Waals surface area contributed by atoms with Crippen LogP contribution in [0.15, 0.2) is 47.4 Å². The van der Waals surface area contributed by atoms with Crippen LogP contribution in [0.5, 0.6) is 5.75 Å². The van der Waals surface area contributed by atoms with Crippen molar-refractivity contribution in [3.05, 3.63) is 53.1 Å². The molecule has 8 heteroatoms. The summed E-state index contributed by atoms with van der Waals surface area (Å²) in [6, 6.07) is 11.5. The summed E-state index contributed by atoms with van der Waals surface area (Å²) in [4.78, 5) is 13.0. The van der Waals surface area contributed by atoms with Gasteiger partial charge in [-0.15, -0.1) is 0 Å². The summed E-state index contributed by atoms with van der Waals surface area (Å²) in [5.74, 6) is -0.120. The highest BCUT2D eigenvalue weighted by molar-refractivity contribution is 7.89. The Morgan fingerprint density at radius 2 is 1.74 bits per heavy atom. The number of hydrogen-bond donors (Lipinski definition) is 2. The number of carbonyl (C=O) groups is 1. The second-order valence-electron chi connectivity index (χ2n) is 6.16. The number of anilines is 1. The number of nitrogens with one attached hydrogen (secondary N) is 1. The van der Waals surface area contributed by atoms with Gasteiger partial charge >= 0.3 is 0 Å². The molecule has 2 aromatic carbocycles. The quantitative estimate of drug-likeness (QED) is 0.727. The minimum atomic E-state index is -4.00. The number of carbonyl (C=O) groups excluding carboxylic acids is 1. The van der Waals surface area contributed by atoms with Gasteiger partial charge in [0, 0.05) is 10.7 Å². The van der Waals surface area contributed by atoms with Gasteiger partial charge in [0.2, 0.25) is 15.9 Å². The molecule has 0 bridgehead atoms. The highest BCUT2D eigenvalue weighted by atomic mass is 35.5. The molecule has 0 saturated carbocycles. The van der Waals surface area contributed by atoms with Crippen LogP contribution in [0.2, 0.25) is 5.02 Å². The summed E-state index contributed by atoms with van der Waals surface area (Å²) in [6.45, 7) is 3.86. The third kappa shape index (κ3) is 4.43. The monoisotopic (exact) mass is 410 g/mol. The molecule has 146 valence electrons. The van der Waals surface area contributed by atoms with E-state index < -0.39 is 15.4 Å². The van der Waals surface area contributed by atoms with E-state index in [2.05, 4.69) is 5.32 Å². The topological polar surface area (TPSA) is 98.5 Å². The molecule has 1 amide bonds. The minimum absolute atomic E-state index is 0.116. The largest absolute Gasteiger partial charge is 0.495 e. The van der Waals surface area contributed by atoms with E-state index in [4.69, 9.17) is 21.5 Å². The number of primary sulfonamides is 1. The Morgan fingerprint density at radius 3 is 2.22 bits per heavy atom. The van der Waals surface area contributed by atoms with E-state index in [-0.39, 0.29) is 16.6 Å². The molecule has 0 spiro atoms. The Labute approximate surface area is 164 Å². The van der Waals surface area contributed by atoms with Crippen molar-refractivity contribution in [3.8, 4) is 5.75 Å². The summed E-state index contributed by atoms with van der Waals surface area (Å²) < 4.78 is 28.6. The van der Waals surface area contributed by atoms with Crippen LogP contribution in [0, 0.1) is 0 Å². The van der Waals surface area contributed by atoms with Crippen molar-refractivity contribution >= 4 is 33.2 Å². The Bertz CT molecular complexity index is 923. The molecule has 0 aliphatic rings. The van der Waals surface area contributed by atoms with Crippen LogP contribution in [-0.2, 0) is 20.2 Å². The summed E-state index contributed by atoms with van der Waals surface area (Å²) in [7, 11) is -2.65. The Morgan fingerprint density at radius 1 is 1.15 bits per heavy atom. The van der Waals surface area contributed by atoms with Crippen molar-refractivity contribution < 1.29 is 17.9 Å². The molecule has 0 fully saturated rings. The van der Waals surface area contributed by atoms with Crippen molar-refractivity contribution in [3.63, 3.8) is 0 Å². The lowest BCUT2D eigenvalue weighted by Gasteiger charge is -2.31. The smallest absolute Gasteiger partial charge is 0.241 e. The fourth-order valence-electron chi connectivity index (χ4n) is 3.11. The maximum Gasteiger partial charge on any atom is 0.241 e. The first kappa shape index (κ1) is 21.2. The third-order valence-corrected chi connectivity index (χ3v) is 5.95. The van der Waals surface area contributed by atoms with Gasteiger partial charge in [0.25, 0.3) is 0 Å². The summed E-state index contributed by atoms with van der Waals surface area (Å²) in [5, 5.41) is 8.65. The first-order valence-corrected chi connectivity index (χ1v) is 10.4. The summed E-state index contributed by atoms with van der Waals surface area (Å²) in [6.07, 6.45) is 1.13. The molecule has 0 unspecified atom stereocenters. The number of nitrogens with two attached hydrogens (primary N) is 1. The van der Waals surface area contributed by atoms with Crippen molar-refractivity contribution in [2.75, 3.05) is 12.4 Å². The van der Waals surface area contributed by atoms with E-state index in [0.29, 0.717) is 23.6 Å². The van der Waals surface area contributed by atoms with E-state index in [0.717, 1.165) is 5.56 Å². The normalized spacial score (nSPS) is 11.9. The lowest BCUT2D eigenvalue weighted by molar-refractivity contribution is -0.121. The van der Waals surface area contributed by atoms with Crippen LogP contribution in [0.25, 0.3) is 0 Å². The zero-order chi connectivity index (χ0) is 20.2. The molecule has 0 saturated heterocycles. The van der Waals surface area contributed by atoms with Gasteiger partial charge in [0.15, 0.2) is 0 Å². The average Bonchev–Trinajstić information content (AvgIpc) is 2.64. The molecule has 0 aliphatic carbocycles. The highest BCUT2D eigenvalue weighted by Gasteiger charge is 2.37. The van der Waals surface area contributed by atoms with Gasteiger partial charge < -0.3 is 10.1 Å². The Hall–Kier alpha value is -2.09. The molecule has 0 heterocycles. The fraction of sp³-hybridized carbons (Fsp3) is 0.316. The number of ether oxygens (including phenoxy) is 1. The van der Waals surface area contributed by atoms with Crippen LogP contribution in [0.1, 0.15) is 32.3 Å². The van der Waals surface area contributed by atoms with E-state index >= 15 is 0 Å². The predicted molar refractivity (Wildman–Crippen MR) is 107 cm³/mol. The second kappa shape index (κ2) is 8.29. The van der Waals surface area contributed by atoms with Gasteiger partial charge in [0.05, 0.1) is 12.5 Å². The van der Waals surface area contributed by atoms with E-state index in [1.54, 1.807) is 18.2 Å². The van der Waals surface area contributed by atoms with Crippen LogP contribution in [-0.4, -0.2) is 21.4 Å². The molecular weight excluding hydrogens is 388 g/mol. The molecule has 2 aromatic rings. The van der Waals surface area contributed by atoms with Crippen LogP contribution in [0.4, 0.5) is 5.69 Å². The molecule has 6 nitrogen and oxygen atoms in total. The molecule has 0 aromatic heterocycles. The molecular formula is C19H23ClN2O4S. The first-order valence-electron chi connectivity index (χ1n) is 8.46. The van der Waals surface area contributed by atoms with Crippen LogP contribution in [0.3, 0.4) is 0 Å². The zero-order valence-electron chi connectivity index (χ0n) is 15.5. The fourth-order valence-corrected chi connectivity index (χ4v) is 3.96. The van der Waals surface area contributed by atoms with Crippen LogP contribution >= 0.6 is 11.6 Å². The number of benzene rings is 2. The maximum atomic E-state index is 13.1. The Balaban J connectivity index is 2.43. The SMILES string of the molecule is CCC(CC)(C(=O)Nc1ccc(OC)c(S(N)(=O)=O)c1)c1ccc(Cl)cc1. The lowest BCUT2D eigenvalue weighted by Crippen LogP contribution is -2.39. The standard InChI is InChI=1S/C19H23ClN2O4S/c1-4-19(5-2,13-6-8-14(20)9-7-13)18(23)22-15-10-11-16(26-3)17(12-15)27(21,24)25/h6-12H,4-5H2,1-3H3,(H,22,23)(H2,21,24,25). The van der Waals surface area contributed by atoms with Crippen molar-refractivity contribution in [2.45, 2.75) is 37.0 Å². The first-order chi connectivity index (χ1) is 12.7. The predicted octanol–water partition coefficient (Wildman–Crippen LogP) is 3.69. The minimum Gasteiger partial charge on any atom is -0.495 e. The molecule has 2 rings (SSSR count). The number of sulfonamides is 1. The highest BCUT2D eigenvalue weighted by Crippen LogP contribution is 2.34. The zero-order valence-corrected chi connectivity index (χ0v) is 17.0.